The molecule has 35 heavy (non-hydrogen) atoms. The molecule has 4 heteroatoms. The van der Waals surface area contributed by atoms with Crippen LogP contribution in [0.2, 0.25) is 0 Å². The van der Waals surface area contributed by atoms with E-state index in [1.165, 1.54) is 0 Å². The minimum atomic E-state index is 0.0634. The lowest BCUT2D eigenvalue weighted by Crippen LogP contribution is -2.12. The third-order valence-corrected chi connectivity index (χ3v) is 6.65. The zero-order chi connectivity index (χ0) is 24.4. The Bertz CT molecular complexity index is 1440. The summed E-state index contributed by atoms with van der Waals surface area (Å²) in [5, 5.41) is 1.49. The van der Waals surface area contributed by atoms with Gasteiger partial charge in [0.2, 0.25) is 0 Å². The fourth-order valence-corrected chi connectivity index (χ4v) is 4.66. The van der Waals surface area contributed by atoms with Crippen molar-refractivity contribution in [3.8, 4) is 33.8 Å². The largest absolute Gasteiger partial charge is 0.497 e. The highest BCUT2D eigenvalue weighted by Gasteiger charge is 2.13. The third-order valence-electron chi connectivity index (χ3n) is 6.65. The Morgan fingerprint density at radius 3 is 1.46 bits per heavy atom. The smallest absolute Gasteiger partial charge is 0.197 e. The Kier molecular flexibility index (Phi) is 6.28. The van der Waals surface area contributed by atoms with Crippen molar-refractivity contribution < 1.29 is 9.47 Å². The van der Waals surface area contributed by atoms with E-state index < -0.39 is 0 Å². The van der Waals surface area contributed by atoms with Crippen LogP contribution in [0.5, 0.6) is 11.5 Å². The number of benzene rings is 4. The molecule has 0 bridgehead atoms. The van der Waals surface area contributed by atoms with Gasteiger partial charge in [-0.05, 0) is 77.2 Å². The standard InChI is InChI=1S/C31H29NO3/c1-4-5-18-32-29-16-10-23(21-6-12-25(34-2)13-7-21)19-27(29)31(33)28-20-24(11-17-30(28)32)22-8-14-26(35-3)15-9-22/h6-17,19-20H,4-5,18H2,1-3H3. The zero-order valence-corrected chi connectivity index (χ0v) is 20.4. The lowest BCUT2D eigenvalue weighted by Gasteiger charge is -2.17. The number of pyridine rings is 1. The molecule has 0 aliphatic carbocycles. The van der Waals surface area contributed by atoms with Crippen molar-refractivity contribution in [2.75, 3.05) is 14.2 Å². The second-order valence-electron chi connectivity index (χ2n) is 8.76. The highest BCUT2D eigenvalue weighted by Crippen LogP contribution is 2.30. The topological polar surface area (TPSA) is 40.5 Å². The van der Waals surface area contributed by atoms with Crippen LogP contribution >= 0.6 is 0 Å². The molecular formula is C31H29NO3. The van der Waals surface area contributed by atoms with Gasteiger partial charge in [0.05, 0.1) is 25.3 Å². The number of hydrogen-bond acceptors (Lipinski definition) is 3. The summed E-state index contributed by atoms with van der Waals surface area (Å²) in [7, 11) is 3.32. The molecule has 0 saturated carbocycles. The monoisotopic (exact) mass is 463 g/mol. The van der Waals surface area contributed by atoms with Crippen LogP contribution in [-0.2, 0) is 6.54 Å². The molecule has 5 rings (SSSR count). The van der Waals surface area contributed by atoms with Crippen molar-refractivity contribution in [2.24, 2.45) is 0 Å². The average molecular weight is 464 g/mol. The van der Waals surface area contributed by atoms with Gasteiger partial charge in [0.15, 0.2) is 5.43 Å². The highest BCUT2D eigenvalue weighted by molar-refractivity contribution is 5.97. The van der Waals surface area contributed by atoms with Crippen LogP contribution in [0.15, 0.2) is 89.7 Å². The molecule has 0 saturated heterocycles. The second kappa shape index (κ2) is 9.67. The minimum absolute atomic E-state index is 0.0634. The highest BCUT2D eigenvalue weighted by atomic mass is 16.5. The van der Waals surface area contributed by atoms with E-state index >= 15 is 0 Å². The molecule has 176 valence electrons. The molecule has 4 aromatic carbocycles. The Morgan fingerprint density at radius 1 is 0.629 bits per heavy atom. The van der Waals surface area contributed by atoms with Gasteiger partial charge < -0.3 is 14.0 Å². The van der Waals surface area contributed by atoms with Crippen LogP contribution < -0.4 is 14.9 Å². The van der Waals surface area contributed by atoms with Gasteiger partial charge in [-0.3, -0.25) is 4.79 Å². The molecule has 0 spiro atoms. The first-order valence-corrected chi connectivity index (χ1v) is 12.0. The number of fused-ring (bicyclic) bond motifs is 2. The van der Waals surface area contributed by atoms with Crippen molar-refractivity contribution in [3.63, 3.8) is 0 Å². The van der Waals surface area contributed by atoms with E-state index in [4.69, 9.17) is 9.47 Å². The minimum Gasteiger partial charge on any atom is -0.497 e. The van der Waals surface area contributed by atoms with E-state index in [0.29, 0.717) is 0 Å². The predicted octanol–water partition coefficient (Wildman–Crippen LogP) is 7.31. The first-order chi connectivity index (χ1) is 17.1. The predicted molar refractivity (Wildman–Crippen MR) is 145 cm³/mol. The zero-order valence-electron chi connectivity index (χ0n) is 20.4. The summed E-state index contributed by atoms with van der Waals surface area (Å²) in [6.45, 7) is 3.06. The average Bonchev–Trinajstić information content (AvgIpc) is 2.93. The molecule has 0 aliphatic rings. The summed E-state index contributed by atoms with van der Waals surface area (Å²) < 4.78 is 12.9. The van der Waals surface area contributed by atoms with Gasteiger partial charge in [-0.25, -0.2) is 0 Å². The van der Waals surface area contributed by atoms with Crippen molar-refractivity contribution in [2.45, 2.75) is 26.3 Å². The SMILES string of the molecule is CCCCn1c2ccc(-c3ccc(OC)cc3)cc2c(=O)c2cc(-c3ccc(OC)cc3)ccc21. The van der Waals surface area contributed by atoms with Gasteiger partial charge in [-0.15, -0.1) is 0 Å². The maximum absolute atomic E-state index is 13.8. The fourth-order valence-electron chi connectivity index (χ4n) is 4.66. The fraction of sp³-hybridized carbons (Fsp3) is 0.194. The number of aryl methyl sites for hydroxylation is 1. The number of unbranched alkanes of at least 4 members (excludes halogenated alkanes) is 1. The number of ether oxygens (including phenoxy) is 2. The Labute approximate surface area is 205 Å². The lowest BCUT2D eigenvalue weighted by atomic mass is 9.99. The third kappa shape index (κ3) is 4.28. The molecule has 1 aromatic heterocycles. The molecule has 1 heterocycles. The van der Waals surface area contributed by atoms with Crippen LogP contribution in [0.4, 0.5) is 0 Å². The number of nitrogens with zero attached hydrogens (tertiary/aromatic N) is 1. The first kappa shape index (κ1) is 22.7. The van der Waals surface area contributed by atoms with Crippen LogP contribution in [0.3, 0.4) is 0 Å². The van der Waals surface area contributed by atoms with Crippen molar-refractivity contribution >= 4 is 21.8 Å². The molecule has 0 N–H and O–H groups in total. The molecule has 5 aromatic rings. The second-order valence-corrected chi connectivity index (χ2v) is 8.76. The number of methoxy groups -OCH3 is 2. The van der Waals surface area contributed by atoms with Crippen LogP contribution in [0.1, 0.15) is 19.8 Å². The number of aromatic nitrogens is 1. The summed E-state index contributed by atoms with van der Waals surface area (Å²) in [6, 6.07) is 28.3. The van der Waals surface area contributed by atoms with E-state index in [1.54, 1.807) is 14.2 Å². The molecule has 0 amide bonds. The quantitative estimate of drug-likeness (QED) is 0.238. The van der Waals surface area contributed by atoms with Gasteiger partial charge in [-0.2, -0.15) is 0 Å². The molecular weight excluding hydrogens is 434 g/mol. The van der Waals surface area contributed by atoms with Gasteiger partial charge >= 0.3 is 0 Å². The maximum Gasteiger partial charge on any atom is 0.197 e. The first-order valence-electron chi connectivity index (χ1n) is 12.0. The number of rotatable bonds is 7. The van der Waals surface area contributed by atoms with Crippen molar-refractivity contribution in [3.05, 3.63) is 95.2 Å². The Morgan fingerprint density at radius 2 is 1.06 bits per heavy atom. The summed E-state index contributed by atoms with van der Waals surface area (Å²) in [6.07, 6.45) is 2.14. The molecule has 0 aliphatic heterocycles. The van der Waals surface area contributed by atoms with E-state index in [0.717, 1.165) is 74.9 Å². The van der Waals surface area contributed by atoms with Gasteiger partial charge in [0.1, 0.15) is 11.5 Å². The van der Waals surface area contributed by atoms with Crippen LogP contribution in [0, 0.1) is 0 Å². The Hall–Kier alpha value is -4.05. The molecule has 4 nitrogen and oxygen atoms in total. The van der Waals surface area contributed by atoms with Crippen molar-refractivity contribution in [1.82, 2.24) is 4.57 Å². The van der Waals surface area contributed by atoms with E-state index in [1.807, 2.05) is 60.7 Å². The van der Waals surface area contributed by atoms with Crippen LogP contribution in [-0.4, -0.2) is 18.8 Å². The van der Waals surface area contributed by atoms with E-state index in [-0.39, 0.29) is 5.43 Å². The molecule has 0 radical (unpaired) electrons. The van der Waals surface area contributed by atoms with Gasteiger partial charge in [-0.1, -0.05) is 49.7 Å². The maximum atomic E-state index is 13.8. The van der Waals surface area contributed by atoms with E-state index in [2.05, 4.69) is 35.8 Å². The van der Waals surface area contributed by atoms with Crippen molar-refractivity contribution in [1.29, 1.82) is 0 Å². The summed E-state index contributed by atoms with van der Waals surface area (Å²) in [5.74, 6) is 1.63. The molecule has 0 unspecified atom stereocenters. The summed E-state index contributed by atoms with van der Waals surface area (Å²) in [5.41, 5.74) is 6.16. The van der Waals surface area contributed by atoms with Crippen LogP contribution in [0.25, 0.3) is 44.1 Å². The van der Waals surface area contributed by atoms with Gasteiger partial charge in [0.25, 0.3) is 0 Å². The molecule has 0 fully saturated rings. The molecule has 0 atom stereocenters. The normalized spacial score (nSPS) is 11.2. The lowest BCUT2D eigenvalue weighted by molar-refractivity contribution is 0.415. The number of hydrogen-bond donors (Lipinski definition) is 0. The van der Waals surface area contributed by atoms with E-state index in [9.17, 15) is 4.79 Å². The summed E-state index contributed by atoms with van der Waals surface area (Å²) in [4.78, 5) is 13.8. The van der Waals surface area contributed by atoms with Gasteiger partial charge in [0, 0.05) is 17.3 Å². The Balaban J connectivity index is 1.71. The summed E-state index contributed by atoms with van der Waals surface area (Å²) >= 11 is 0.